The first-order chi connectivity index (χ1) is 9.31. The Kier molecular flexibility index (Phi) is 3.67. The molecule has 0 unspecified atom stereocenters. The van der Waals surface area contributed by atoms with Gasteiger partial charge in [0.25, 0.3) is 10.0 Å². The standard InChI is InChI=1S/C12H7F4NO2S/c13-7-5-9(15)12(16)10(6-7)17-20(18,19)11-4-2-1-3-8(11)14/h1-6,17H. The van der Waals surface area contributed by atoms with E-state index in [9.17, 15) is 26.0 Å². The van der Waals surface area contributed by atoms with E-state index in [1.54, 1.807) is 4.72 Å². The summed E-state index contributed by atoms with van der Waals surface area (Å²) in [5.41, 5.74) is -0.939. The van der Waals surface area contributed by atoms with E-state index in [0.717, 1.165) is 12.1 Å². The average Bonchev–Trinajstić information content (AvgIpc) is 2.35. The number of nitrogens with one attached hydrogen (secondary N) is 1. The van der Waals surface area contributed by atoms with Crippen LogP contribution in [0.1, 0.15) is 0 Å². The number of halogens is 4. The lowest BCUT2D eigenvalue weighted by Crippen LogP contribution is -2.16. The Morgan fingerprint density at radius 1 is 0.900 bits per heavy atom. The third-order valence-electron chi connectivity index (χ3n) is 2.36. The minimum Gasteiger partial charge on any atom is -0.276 e. The fourth-order valence-corrected chi connectivity index (χ4v) is 2.62. The van der Waals surface area contributed by atoms with Crippen molar-refractivity contribution in [3.63, 3.8) is 0 Å². The molecule has 0 bridgehead atoms. The van der Waals surface area contributed by atoms with Gasteiger partial charge in [0.05, 0.1) is 5.69 Å². The molecular weight excluding hydrogens is 298 g/mol. The fraction of sp³-hybridized carbons (Fsp3) is 0. The van der Waals surface area contributed by atoms with Crippen LogP contribution in [0.3, 0.4) is 0 Å². The third-order valence-corrected chi connectivity index (χ3v) is 3.76. The van der Waals surface area contributed by atoms with Crippen molar-refractivity contribution < 1.29 is 26.0 Å². The Morgan fingerprint density at radius 2 is 1.55 bits per heavy atom. The molecule has 0 saturated carbocycles. The average molecular weight is 305 g/mol. The Bertz CT molecular complexity index is 762. The monoisotopic (exact) mass is 305 g/mol. The predicted octanol–water partition coefficient (Wildman–Crippen LogP) is 3.04. The van der Waals surface area contributed by atoms with Gasteiger partial charge in [-0.25, -0.2) is 26.0 Å². The van der Waals surface area contributed by atoms with Gasteiger partial charge in [0.15, 0.2) is 11.6 Å². The van der Waals surface area contributed by atoms with Gasteiger partial charge in [-0.15, -0.1) is 0 Å². The molecule has 0 spiro atoms. The van der Waals surface area contributed by atoms with Gasteiger partial charge in [0, 0.05) is 12.1 Å². The topological polar surface area (TPSA) is 46.2 Å². The molecule has 1 N–H and O–H groups in total. The van der Waals surface area contributed by atoms with E-state index in [1.807, 2.05) is 0 Å². The molecular formula is C12H7F4NO2S. The molecule has 0 aliphatic carbocycles. The van der Waals surface area contributed by atoms with E-state index in [-0.39, 0.29) is 6.07 Å². The van der Waals surface area contributed by atoms with Crippen LogP contribution in [-0.4, -0.2) is 8.42 Å². The van der Waals surface area contributed by atoms with Crippen molar-refractivity contribution in [3.8, 4) is 0 Å². The van der Waals surface area contributed by atoms with E-state index in [4.69, 9.17) is 0 Å². The minimum absolute atomic E-state index is 0.260. The SMILES string of the molecule is O=S(=O)(Nc1cc(F)cc(F)c1F)c1ccccc1F. The van der Waals surface area contributed by atoms with Crippen molar-refractivity contribution in [2.45, 2.75) is 4.90 Å². The number of hydrogen-bond donors (Lipinski definition) is 1. The molecule has 3 nitrogen and oxygen atoms in total. The maximum Gasteiger partial charge on any atom is 0.264 e. The maximum atomic E-state index is 13.4. The number of hydrogen-bond acceptors (Lipinski definition) is 2. The lowest BCUT2D eigenvalue weighted by atomic mass is 10.3. The van der Waals surface area contributed by atoms with E-state index >= 15 is 0 Å². The van der Waals surface area contributed by atoms with Crippen molar-refractivity contribution in [1.29, 1.82) is 0 Å². The van der Waals surface area contributed by atoms with Crippen molar-refractivity contribution in [1.82, 2.24) is 0 Å². The third kappa shape index (κ3) is 2.74. The second-order valence-corrected chi connectivity index (χ2v) is 5.44. The summed E-state index contributed by atoms with van der Waals surface area (Å²) in [5.74, 6) is -5.38. The molecule has 2 aromatic carbocycles. The van der Waals surface area contributed by atoms with Crippen LogP contribution in [0.25, 0.3) is 0 Å². The van der Waals surface area contributed by atoms with E-state index in [0.29, 0.717) is 6.07 Å². The van der Waals surface area contributed by atoms with Crippen LogP contribution < -0.4 is 4.72 Å². The molecule has 0 atom stereocenters. The second-order valence-electron chi connectivity index (χ2n) is 3.79. The highest BCUT2D eigenvalue weighted by Gasteiger charge is 2.21. The summed E-state index contributed by atoms with van der Waals surface area (Å²) >= 11 is 0. The molecule has 8 heteroatoms. The Balaban J connectivity index is 2.47. The summed E-state index contributed by atoms with van der Waals surface area (Å²) in [4.78, 5) is -0.760. The lowest BCUT2D eigenvalue weighted by Gasteiger charge is -2.10. The van der Waals surface area contributed by atoms with Gasteiger partial charge >= 0.3 is 0 Å². The summed E-state index contributed by atoms with van der Waals surface area (Å²) in [5, 5.41) is 0. The second kappa shape index (κ2) is 5.12. The number of sulfonamides is 1. The Morgan fingerprint density at radius 3 is 2.20 bits per heavy atom. The molecule has 0 radical (unpaired) electrons. The molecule has 2 rings (SSSR count). The summed E-state index contributed by atoms with van der Waals surface area (Å²) in [6.45, 7) is 0. The molecule has 20 heavy (non-hydrogen) atoms. The van der Waals surface area contributed by atoms with Crippen LogP contribution in [0.5, 0.6) is 0 Å². The maximum absolute atomic E-state index is 13.4. The van der Waals surface area contributed by atoms with Crippen molar-refractivity contribution in [2.24, 2.45) is 0 Å². The van der Waals surface area contributed by atoms with Gasteiger partial charge in [0.2, 0.25) is 0 Å². The highest BCUT2D eigenvalue weighted by Crippen LogP contribution is 2.23. The number of rotatable bonds is 3. The first-order valence-corrected chi connectivity index (χ1v) is 6.71. The molecule has 0 fully saturated rings. The molecule has 106 valence electrons. The van der Waals surface area contributed by atoms with Crippen LogP contribution >= 0.6 is 0 Å². The molecule has 0 aliphatic heterocycles. The Labute approximate surface area is 111 Å². The van der Waals surface area contributed by atoms with Crippen LogP contribution in [0, 0.1) is 23.3 Å². The number of benzene rings is 2. The minimum atomic E-state index is -4.50. The molecule has 2 aromatic rings. The first kappa shape index (κ1) is 14.3. The summed E-state index contributed by atoms with van der Waals surface area (Å²) < 4.78 is 77.9. The smallest absolute Gasteiger partial charge is 0.264 e. The normalized spacial score (nSPS) is 11.4. The highest BCUT2D eigenvalue weighted by atomic mass is 32.2. The molecule has 0 amide bonds. The van der Waals surface area contributed by atoms with E-state index < -0.39 is 43.9 Å². The largest absolute Gasteiger partial charge is 0.276 e. The zero-order valence-electron chi connectivity index (χ0n) is 9.70. The van der Waals surface area contributed by atoms with Crippen molar-refractivity contribution in [2.75, 3.05) is 4.72 Å². The van der Waals surface area contributed by atoms with E-state index in [1.165, 1.54) is 12.1 Å². The van der Waals surface area contributed by atoms with Crippen LogP contribution in [0.2, 0.25) is 0 Å². The fourth-order valence-electron chi connectivity index (χ4n) is 1.49. The highest BCUT2D eigenvalue weighted by molar-refractivity contribution is 7.92. The molecule has 0 aromatic heterocycles. The van der Waals surface area contributed by atoms with Gasteiger partial charge in [-0.3, -0.25) is 4.72 Å². The van der Waals surface area contributed by atoms with Gasteiger partial charge < -0.3 is 0 Å². The lowest BCUT2D eigenvalue weighted by molar-refractivity contribution is 0.498. The summed E-state index contributed by atoms with van der Waals surface area (Å²) in [7, 11) is -4.50. The number of anilines is 1. The van der Waals surface area contributed by atoms with Crippen LogP contribution in [-0.2, 0) is 10.0 Å². The molecule has 0 saturated heterocycles. The van der Waals surface area contributed by atoms with Gasteiger partial charge in [-0.1, -0.05) is 12.1 Å². The van der Waals surface area contributed by atoms with Gasteiger partial charge in [0.1, 0.15) is 16.5 Å². The van der Waals surface area contributed by atoms with Gasteiger partial charge in [-0.05, 0) is 12.1 Å². The van der Waals surface area contributed by atoms with Crippen molar-refractivity contribution >= 4 is 15.7 Å². The van der Waals surface area contributed by atoms with Crippen LogP contribution in [0.15, 0.2) is 41.3 Å². The predicted molar refractivity (Wildman–Crippen MR) is 63.5 cm³/mol. The van der Waals surface area contributed by atoms with Gasteiger partial charge in [-0.2, -0.15) is 0 Å². The summed E-state index contributed by atoms with van der Waals surface area (Å²) in [6.07, 6.45) is 0. The zero-order valence-corrected chi connectivity index (χ0v) is 10.5. The van der Waals surface area contributed by atoms with E-state index in [2.05, 4.69) is 0 Å². The zero-order chi connectivity index (χ0) is 14.9. The Hall–Kier alpha value is -2.09. The molecule has 0 heterocycles. The van der Waals surface area contributed by atoms with Crippen LogP contribution in [0.4, 0.5) is 23.2 Å². The summed E-state index contributed by atoms with van der Waals surface area (Å²) in [6, 6.07) is 5.05. The quantitative estimate of drug-likeness (QED) is 0.700. The first-order valence-electron chi connectivity index (χ1n) is 5.23. The van der Waals surface area contributed by atoms with Crippen molar-refractivity contribution in [3.05, 3.63) is 59.7 Å². The molecule has 0 aliphatic rings.